The van der Waals surface area contributed by atoms with Gasteiger partial charge in [0.25, 0.3) is 0 Å². The van der Waals surface area contributed by atoms with Gasteiger partial charge in [-0.05, 0) is 60.5 Å². The average Bonchev–Trinajstić information content (AvgIpc) is 2.98. The summed E-state index contributed by atoms with van der Waals surface area (Å²) in [6.45, 7) is 0. The highest BCUT2D eigenvalue weighted by atomic mass is 79.9. The van der Waals surface area contributed by atoms with Gasteiger partial charge in [0.1, 0.15) is 5.82 Å². The standard InChI is InChI=1S/C18H14BrFN2O2/c19-14-4-8-16(9-5-14)22-11-13(3-10-17(23)24)18(21-22)12-1-6-15(20)7-2-12/h1-2,4-9,11H,3,10H2,(H,23,24). The summed E-state index contributed by atoms with van der Waals surface area (Å²) in [6, 6.07) is 13.7. The number of carboxylic acids is 1. The predicted molar refractivity (Wildman–Crippen MR) is 92.6 cm³/mol. The molecule has 0 amide bonds. The van der Waals surface area contributed by atoms with Crippen LogP contribution in [0.1, 0.15) is 12.0 Å². The Morgan fingerprint density at radius 1 is 1.12 bits per heavy atom. The Kier molecular flexibility index (Phi) is 4.76. The number of nitrogens with zero attached hydrogens (tertiary/aromatic N) is 2. The SMILES string of the molecule is O=C(O)CCc1cn(-c2ccc(Br)cc2)nc1-c1ccc(F)cc1. The monoisotopic (exact) mass is 388 g/mol. The van der Waals surface area contributed by atoms with Crippen molar-refractivity contribution in [3.63, 3.8) is 0 Å². The molecule has 24 heavy (non-hydrogen) atoms. The molecule has 0 bridgehead atoms. The van der Waals surface area contributed by atoms with E-state index in [1.165, 1.54) is 12.1 Å². The third-order valence-electron chi connectivity index (χ3n) is 3.61. The average molecular weight is 389 g/mol. The summed E-state index contributed by atoms with van der Waals surface area (Å²) in [5.41, 5.74) is 3.10. The van der Waals surface area contributed by atoms with Crippen molar-refractivity contribution in [2.45, 2.75) is 12.8 Å². The van der Waals surface area contributed by atoms with Gasteiger partial charge in [-0.2, -0.15) is 5.10 Å². The van der Waals surface area contributed by atoms with Crippen molar-refractivity contribution in [3.8, 4) is 16.9 Å². The minimum absolute atomic E-state index is 0.0141. The Hall–Kier alpha value is -2.47. The van der Waals surface area contributed by atoms with Crippen LogP contribution in [0.5, 0.6) is 0 Å². The lowest BCUT2D eigenvalue weighted by Crippen LogP contribution is -1.97. The maximum Gasteiger partial charge on any atom is 0.303 e. The number of rotatable bonds is 5. The number of hydrogen-bond donors (Lipinski definition) is 1. The van der Waals surface area contributed by atoms with E-state index in [-0.39, 0.29) is 12.2 Å². The molecule has 0 aliphatic carbocycles. The molecular weight excluding hydrogens is 375 g/mol. The first kappa shape index (κ1) is 16.4. The highest BCUT2D eigenvalue weighted by Gasteiger charge is 2.13. The van der Waals surface area contributed by atoms with Crippen LogP contribution in [0.4, 0.5) is 4.39 Å². The van der Waals surface area contributed by atoms with Crippen LogP contribution in [0.15, 0.2) is 59.2 Å². The second-order valence-corrected chi connectivity index (χ2v) is 6.24. The fourth-order valence-electron chi connectivity index (χ4n) is 2.41. The molecule has 3 aromatic rings. The quantitative estimate of drug-likeness (QED) is 0.701. The molecule has 2 aromatic carbocycles. The lowest BCUT2D eigenvalue weighted by molar-refractivity contribution is -0.136. The molecule has 3 rings (SSSR count). The number of aliphatic carboxylic acids is 1. The van der Waals surface area contributed by atoms with Crippen LogP contribution in [0.25, 0.3) is 16.9 Å². The van der Waals surface area contributed by atoms with Gasteiger partial charge < -0.3 is 5.11 Å². The molecule has 6 heteroatoms. The van der Waals surface area contributed by atoms with E-state index in [1.807, 2.05) is 30.5 Å². The van der Waals surface area contributed by atoms with Gasteiger partial charge in [0.2, 0.25) is 0 Å². The van der Waals surface area contributed by atoms with Crippen LogP contribution in [0, 0.1) is 5.82 Å². The summed E-state index contributed by atoms with van der Waals surface area (Å²) in [7, 11) is 0. The molecule has 1 N–H and O–H groups in total. The minimum atomic E-state index is -0.864. The number of halogens is 2. The fourth-order valence-corrected chi connectivity index (χ4v) is 2.68. The van der Waals surface area contributed by atoms with E-state index >= 15 is 0 Å². The molecule has 0 saturated carbocycles. The summed E-state index contributed by atoms with van der Waals surface area (Å²) in [4.78, 5) is 10.9. The number of aryl methyl sites for hydroxylation is 1. The van der Waals surface area contributed by atoms with E-state index in [0.29, 0.717) is 12.1 Å². The molecule has 0 fully saturated rings. The Bertz CT molecular complexity index is 858. The predicted octanol–water partition coefficient (Wildman–Crippen LogP) is 4.46. The highest BCUT2D eigenvalue weighted by Crippen LogP contribution is 2.25. The first-order chi connectivity index (χ1) is 11.5. The van der Waals surface area contributed by atoms with Crippen molar-refractivity contribution in [2.75, 3.05) is 0 Å². The zero-order valence-electron chi connectivity index (χ0n) is 12.6. The Morgan fingerprint density at radius 2 is 1.79 bits per heavy atom. The van der Waals surface area contributed by atoms with Gasteiger partial charge in [-0.1, -0.05) is 15.9 Å². The van der Waals surface area contributed by atoms with Crippen LogP contribution < -0.4 is 0 Å². The van der Waals surface area contributed by atoms with Crippen molar-refractivity contribution in [1.29, 1.82) is 0 Å². The Balaban J connectivity index is 2.02. The van der Waals surface area contributed by atoms with Crippen molar-refractivity contribution in [2.24, 2.45) is 0 Å². The van der Waals surface area contributed by atoms with Crippen molar-refractivity contribution < 1.29 is 14.3 Å². The zero-order chi connectivity index (χ0) is 17.1. The summed E-state index contributed by atoms with van der Waals surface area (Å²) in [5, 5.41) is 13.5. The van der Waals surface area contributed by atoms with Gasteiger partial charge in [0.05, 0.1) is 11.4 Å². The number of hydrogen-bond acceptors (Lipinski definition) is 2. The molecule has 0 atom stereocenters. The molecule has 1 heterocycles. The molecule has 122 valence electrons. The van der Waals surface area contributed by atoms with Gasteiger partial charge in [-0.3, -0.25) is 4.79 Å². The van der Waals surface area contributed by atoms with E-state index in [1.54, 1.807) is 16.8 Å². The lowest BCUT2D eigenvalue weighted by atomic mass is 10.0. The first-order valence-electron chi connectivity index (χ1n) is 7.35. The summed E-state index contributed by atoms with van der Waals surface area (Å²) >= 11 is 3.39. The van der Waals surface area contributed by atoms with E-state index in [2.05, 4.69) is 21.0 Å². The van der Waals surface area contributed by atoms with Gasteiger partial charge in [-0.25, -0.2) is 9.07 Å². The van der Waals surface area contributed by atoms with Gasteiger partial charge in [0, 0.05) is 22.7 Å². The number of carboxylic acid groups (broad SMARTS) is 1. The van der Waals surface area contributed by atoms with E-state index < -0.39 is 5.97 Å². The Labute approximate surface area is 146 Å². The molecule has 0 saturated heterocycles. The fraction of sp³-hybridized carbons (Fsp3) is 0.111. The largest absolute Gasteiger partial charge is 0.481 e. The molecule has 0 aliphatic heterocycles. The minimum Gasteiger partial charge on any atom is -0.481 e. The van der Waals surface area contributed by atoms with Crippen LogP contribution in [-0.4, -0.2) is 20.9 Å². The molecule has 0 radical (unpaired) electrons. The summed E-state index contributed by atoms with van der Waals surface area (Å²) < 4.78 is 15.8. The van der Waals surface area contributed by atoms with E-state index in [0.717, 1.165) is 21.3 Å². The van der Waals surface area contributed by atoms with Crippen molar-refractivity contribution in [3.05, 3.63) is 70.6 Å². The van der Waals surface area contributed by atoms with Crippen LogP contribution in [-0.2, 0) is 11.2 Å². The second kappa shape index (κ2) is 6.97. The molecule has 4 nitrogen and oxygen atoms in total. The maximum atomic E-state index is 13.2. The summed E-state index contributed by atoms with van der Waals surface area (Å²) in [5.74, 6) is -1.19. The number of carbonyl (C=O) groups is 1. The normalized spacial score (nSPS) is 10.8. The smallest absolute Gasteiger partial charge is 0.303 e. The third kappa shape index (κ3) is 3.71. The Morgan fingerprint density at radius 3 is 2.42 bits per heavy atom. The van der Waals surface area contributed by atoms with Crippen LogP contribution >= 0.6 is 15.9 Å². The van der Waals surface area contributed by atoms with Gasteiger partial charge in [0.15, 0.2) is 0 Å². The van der Waals surface area contributed by atoms with Crippen molar-refractivity contribution >= 4 is 21.9 Å². The first-order valence-corrected chi connectivity index (χ1v) is 8.14. The lowest BCUT2D eigenvalue weighted by Gasteiger charge is -2.01. The van der Waals surface area contributed by atoms with Gasteiger partial charge >= 0.3 is 5.97 Å². The topological polar surface area (TPSA) is 55.1 Å². The second-order valence-electron chi connectivity index (χ2n) is 5.32. The van der Waals surface area contributed by atoms with Gasteiger partial charge in [-0.15, -0.1) is 0 Å². The maximum absolute atomic E-state index is 13.2. The molecule has 1 aromatic heterocycles. The molecule has 0 unspecified atom stereocenters. The molecule has 0 spiro atoms. The van der Waals surface area contributed by atoms with Crippen LogP contribution in [0.2, 0.25) is 0 Å². The number of benzene rings is 2. The zero-order valence-corrected chi connectivity index (χ0v) is 14.2. The molecular formula is C18H14BrFN2O2. The van der Waals surface area contributed by atoms with Crippen LogP contribution in [0.3, 0.4) is 0 Å². The van der Waals surface area contributed by atoms with Crippen molar-refractivity contribution in [1.82, 2.24) is 9.78 Å². The van der Waals surface area contributed by atoms with E-state index in [4.69, 9.17) is 5.11 Å². The molecule has 0 aliphatic rings. The highest BCUT2D eigenvalue weighted by molar-refractivity contribution is 9.10. The van der Waals surface area contributed by atoms with E-state index in [9.17, 15) is 9.18 Å². The third-order valence-corrected chi connectivity index (χ3v) is 4.14. The summed E-state index contributed by atoms with van der Waals surface area (Å²) in [6.07, 6.45) is 2.20. The number of aromatic nitrogens is 2.